The van der Waals surface area contributed by atoms with Crippen LogP contribution in [0.4, 0.5) is 23.7 Å². The smallest absolute Gasteiger partial charge is 0.433 e. The summed E-state index contributed by atoms with van der Waals surface area (Å²) in [7, 11) is 0. The third-order valence-corrected chi connectivity index (χ3v) is 1.31. The molecular weight excluding hydrogens is 201 g/mol. The Labute approximate surface area is 76.4 Å². The summed E-state index contributed by atoms with van der Waals surface area (Å²) in [6.45, 7) is 0. The van der Waals surface area contributed by atoms with E-state index in [0.717, 1.165) is 12.3 Å². The van der Waals surface area contributed by atoms with Gasteiger partial charge >= 0.3 is 12.3 Å². The zero-order valence-corrected chi connectivity index (χ0v) is 6.67. The number of nitrogens with zero attached hydrogens (tertiary/aromatic N) is 1. The van der Waals surface area contributed by atoms with Crippen LogP contribution in [0.1, 0.15) is 5.69 Å². The summed E-state index contributed by atoms with van der Waals surface area (Å²) in [5.41, 5.74) is -1.07. The van der Waals surface area contributed by atoms with Crippen molar-refractivity contribution in [2.75, 3.05) is 5.32 Å². The molecule has 0 aliphatic rings. The van der Waals surface area contributed by atoms with E-state index in [1.165, 1.54) is 0 Å². The van der Waals surface area contributed by atoms with Gasteiger partial charge in [0.05, 0.1) is 11.9 Å². The Morgan fingerprint density at radius 1 is 1.43 bits per heavy atom. The molecule has 1 rings (SSSR count). The molecule has 0 saturated carbocycles. The minimum atomic E-state index is -4.51. The predicted octanol–water partition coefficient (Wildman–Crippen LogP) is 2.19. The highest BCUT2D eigenvalue weighted by molar-refractivity contribution is 5.82. The molecule has 1 aromatic heterocycles. The number of rotatable bonds is 1. The molecule has 0 spiro atoms. The molecule has 0 fully saturated rings. The summed E-state index contributed by atoms with van der Waals surface area (Å²) in [5.74, 6) is 0. The van der Waals surface area contributed by atoms with Crippen molar-refractivity contribution in [1.82, 2.24) is 4.98 Å². The van der Waals surface area contributed by atoms with Crippen LogP contribution in [0.5, 0.6) is 0 Å². The molecule has 0 bridgehead atoms. The first-order valence-corrected chi connectivity index (χ1v) is 3.43. The lowest BCUT2D eigenvalue weighted by atomic mass is 10.3. The molecule has 0 aliphatic carbocycles. The Hall–Kier alpha value is -1.79. The van der Waals surface area contributed by atoms with Gasteiger partial charge in [-0.2, -0.15) is 13.2 Å². The lowest BCUT2D eigenvalue weighted by Gasteiger charge is -2.05. The largest absolute Gasteiger partial charge is 0.465 e. The molecular formula is C7H5F3N2O2. The summed E-state index contributed by atoms with van der Waals surface area (Å²) in [6, 6.07) is 1.69. The van der Waals surface area contributed by atoms with Crippen molar-refractivity contribution in [3.63, 3.8) is 0 Å². The van der Waals surface area contributed by atoms with E-state index < -0.39 is 18.0 Å². The number of anilines is 1. The summed E-state index contributed by atoms with van der Waals surface area (Å²) in [4.78, 5) is 13.1. The van der Waals surface area contributed by atoms with E-state index in [1.807, 2.05) is 5.32 Å². The van der Waals surface area contributed by atoms with Crippen molar-refractivity contribution >= 4 is 11.8 Å². The number of alkyl halides is 3. The van der Waals surface area contributed by atoms with Gasteiger partial charge in [-0.3, -0.25) is 5.32 Å². The minimum Gasteiger partial charge on any atom is -0.465 e. The van der Waals surface area contributed by atoms with Crippen molar-refractivity contribution < 1.29 is 23.1 Å². The van der Waals surface area contributed by atoms with Crippen molar-refractivity contribution in [3.05, 3.63) is 24.0 Å². The van der Waals surface area contributed by atoms with Crippen LogP contribution in [0, 0.1) is 0 Å². The number of halogens is 3. The molecule has 1 heterocycles. The number of carboxylic acid groups (broad SMARTS) is 1. The second kappa shape index (κ2) is 3.52. The SMILES string of the molecule is O=C(O)Nc1ccc(C(F)(F)F)nc1. The average Bonchev–Trinajstić information content (AvgIpc) is 2.02. The van der Waals surface area contributed by atoms with E-state index in [2.05, 4.69) is 4.98 Å². The van der Waals surface area contributed by atoms with E-state index >= 15 is 0 Å². The van der Waals surface area contributed by atoms with E-state index in [1.54, 1.807) is 0 Å². The molecule has 2 N–H and O–H groups in total. The standard InChI is InChI=1S/C7H5F3N2O2/c8-7(9,10)5-2-1-4(3-11-5)12-6(13)14/h1-3,12H,(H,13,14). The number of hydrogen-bond donors (Lipinski definition) is 2. The Kier molecular flexibility index (Phi) is 2.59. The maximum atomic E-state index is 12.0. The van der Waals surface area contributed by atoms with Gasteiger partial charge in [-0.15, -0.1) is 0 Å². The van der Waals surface area contributed by atoms with Crippen LogP contribution < -0.4 is 5.32 Å². The van der Waals surface area contributed by atoms with Crippen molar-refractivity contribution in [1.29, 1.82) is 0 Å². The van der Waals surface area contributed by atoms with Crippen molar-refractivity contribution in [2.24, 2.45) is 0 Å². The van der Waals surface area contributed by atoms with Crippen LogP contribution in [-0.4, -0.2) is 16.2 Å². The third kappa shape index (κ3) is 2.61. The second-order valence-electron chi connectivity index (χ2n) is 2.36. The van der Waals surface area contributed by atoms with Gasteiger partial charge in [-0.25, -0.2) is 9.78 Å². The van der Waals surface area contributed by atoms with Crippen LogP contribution in [0.25, 0.3) is 0 Å². The molecule has 1 amide bonds. The molecule has 0 radical (unpaired) electrons. The van der Waals surface area contributed by atoms with Crippen LogP contribution >= 0.6 is 0 Å². The van der Waals surface area contributed by atoms with Crippen molar-refractivity contribution in [2.45, 2.75) is 6.18 Å². The van der Waals surface area contributed by atoms with Crippen LogP contribution in [0.2, 0.25) is 0 Å². The molecule has 7 heteroatoms. The Morgan fingerprint density at radius 2 is 2.07 bits per heavy atom. The highest BCUT2D eigenvalue weighted by Crippen LogP contribution is 2.27. The van der Waals surface area contributed by atoms with Crippen LogP contribution in [0.3, 0.4) is 0 Å². The fraction of sp³-hybridized carbons (Fsp3) is 0.143. The molecule has 76 valence electrons. The van der Waals surface area contributed by atoms with E-state index in [4.69, 9.17) is 5.11 Å². The number of pyridine rings is 1. The maximum absolute atomic E-state index is 12.0. The zero-order valence-electron chi connectivity index (χ0n) is 6.67. The predicted molar refractivity (Wildman–Crippen MR) is 40.9 cm³/mol. The molecule has 0 saturated heterocycles. The quantitative estimate of drug-likeness (QED) is 0.740. The van der Waals surface area contributed by atoms with E-state index in [9.17, 15) is 18.0 Å². The molecule has 0 aliphatic heterocycles. The van der Waals surface area contributed by atoms with Gasteiger partial charge in [0.2, 0.25) is 0 Å². The Balaban J connectivity index is 2.84. The lowest BCUT2D eigenvalue weighted by molar-refractivity contribution is -0.141. The highest BCUT2D eigenvalue weighted by atomic mass is 19.4. The lowest BCUT2D eigenvalue weighted by Crippen LogP contribution is -2.10. The second-order valence-corrected chi connectivity index (χ2v) is 2.36. The van der Waals surface area contributed by atoms with Gasteiger partial charge in [-0.1, -0.05) is 0 Å². The topological polar surface area (TPSA) is 62.2 Å². The molecule has 0 aromatic carbocycles. The summed E-state index contributed by atoms with van der Waals surface area (Å²) in [6.07, 6.45) is -5.06. The monoisotopic (exact) mass is 206 g/mol. The number of hydrogen-bond acceptors (Lipinski definition) is 2. The fourth-order valence-corrected chi connectivity index (χ4v) is 0.759. The molecule has 0 atom stereocenters. The first kappa shape index (κ1) is 10.3. The minimum absolute atomic E-state index is 0.00880. The number of amides is 1. The van der Waals surface area contributed by atoms with Gasteiger partial charge in [0.1, 0.15) is 5.69 Å². The number of nitrogens with one attached hydrogen (secondary N) is 1. The van der Waals surface area contributed by atoms with E-state index in [-0.39, 0.29) is 5.69 Å². The molecule has 4 nitrogen and oxygen atoms in total. The first-order chi connectivity index (χ1) is 6.39. The maximum Gasteiger partial charge on any atom is 0.433 e. The third-order valence-electron chi connectivity index (χ3n) is 1.31. The summed E-state index contributed by atoms with van der Waals surface area (Å²) < 4.78 is 35.9. The zero-order chi connectivity index (χ0) is 10.8. The molecule has 1 aromatic rings. The molecule has 0 unspecified atom stereocenters. The van der Waals surface area contributed by atoms with Gasteiger partial charge in [0.25, 0.3) is 0 Å². The first-order valence-electron chi connectivity index (χ1n) is 3.43. The van der Waals surface area contributed by atoms with Gasteiger partial charge in [-0.05, 0) is 12.1 Å². The molecule has 14 heavy (non-hydrogen) atoms. The normalized spacial score (nSPS) is 11.1. The Morgan fingerprint density at radius 3 is 2.43 bits per heavy atom. The van der Waals surface area contributed by atoms with Crippen molar-refractivity contribution in [3.8, 4) is 0 Å². The highest BCUT2D eigenvalue weighted by Gasteiger charge is 2.31. The average molecular weight is 206 g/mol. The van der Waals surface area contributed by atoms with Crippen LogP contribution in [-0.2, 0) is 6.18 Å². The fourth-order valence-electron chi connectivity index (χ4n) is 0.759. The van der Waals surface area contributed by atoms with Gasteiger partial charge in [0, 0.05) is 0 Å². The van der Waals surface area contributed by atoms with Gasteiger partial charge in [0.15, 0.2) is 0 Å². The summed E-state index contributed by atoms with van der Waals surface area (Å²) >= 11 is 0. The van der Waals surface area contributed by atoms with Gasteiger partial charge < -0.3 is 5.11 Å². The van der Waals surface area contributed by atoms with Crippen LogP contribution in [0.15, 0.2) is 18.3 Å². The summed E-state index contributed by atoms with van der Waals surface area (Å²) in [5, 5.41) is 10.1. The number of aromatic nitrogens is 1. The Bertz CT molecular complexity index is 334. The number of carbonyl (C=O) groups is 1. The van der Waals surface area contributed by atoms with E-state index in [0.29, 0.717) is 6.07 Å².